The number of hydrogen-bond acceptors (Lipinski definition) is 6. The van der Waals surface area contributed by atoms with Gasteiger partial charge in [-0.25, -0.2) is 19.9 Å². The maximum Gasteiger partial charge on any atom is 0.228 e. The average molecular weight is 617 g/mol. The minimum absolute atomic E-state index is 0.549. The number of rotatable bonds is 4. The van der Waals surface area contributed by atoms with Crippen molar-refractivity contribution in [1.82, 2.24) is 19.9 Å². The van der Waals surface area contributed by atoms with Crippen LogP contribution in [0, 0.1) is 0 Å². The van der Waals surface area contributed by atoms with E-state index >= 15 is 0 Å². The van der Waals surface area contributed by atoms with Gasteiger partial charge in [-0.05, 0) is 52.2 Å². The van der Waals surface area contributed by atoms with Crippen molar-refractivity contribution in [3.8, 4) is 45.3 Å². The minimum Gasteiger partial charge on any atom is -0.456 e. The van der Waals surface area contributed by atoms with E-state index in [-0.39, 0.29) is 0 Å². The van der Waals surface area contributed by atoms with Gasteiger partial charge in [0.15, 0.2) is 17.5 Å². The summed E-state index contributed by atoms with van der Waals surface area (Å²) in [4.78, 5) is 19.8. The van der Waals surface area contributed by atoms with Crippen molar-refractivity contribution in [2.75, 3.05) is 0 Å². The van der Waals surface area contributed by atoms with Gasteiger partial charge in [0.25, 0.3) is 0 Å². The molecule has 0 aliphatic heterocycles. The van der Waals surface area contributed by atoms with Gasteiger partial charge < -0.3 is 8.83 Å². The van der Waals surface area contributed by atoms with Gasteiger partial charge in [-0.1, -0.05) is 109 Å². The van der Waals surface area contributed by atoms with Crippen LogP contribution >= 0.6 is 0 Å². The number of hydrogen-bond donors (Lipinski definition) is 0. The predicted octanol–water partition coefficient (Wildman–Crippen LogP) is 10.9. The van der Waals surface area contributed by atoms with Crippen LogP contribution in [0.15, 0.2) is 155 Å². The highest BCUT2D eigenvalue weighted by Crippen LogP contribution is 2.42. The number of para-hydroxylation sites is 2. The lowest BCUT2D eigenvalue weighted by Gasteiger charge is -2.14. The van der Waals surface area contributed by atoms with Gasteiger partial charge in [-0.2, -0.15) is 0 Å². The van der Waals surface area contributed by atoms with Gasteiger partial charge in [0.05, 0.1) is 5.39 Å². The maximum absolute atomic E-state index is 6.24. The van der Waals surface area contributed by atoms with E-state index in [9.17, 15) is 0 Å². The van der Waals surface area contributed by atoms with Crippen molar-refractivity contribution in [3.05, 3.63) is 146 Å². The molecule has 4 heterocycles. The minimum atomic E-state index is 0.549. The molecule has 0 aliphatic carbocycles. The van der Waals surface area contributed by atoms with Crippen LogP contribution in [0.2, 0.25) is 0 Å². The molecule has 0 saturated heterocycles. The SMILES string of the molecule is c1ccc(-c2nc(-c3ccc(-c4cccc5oc6ccccc6c45)c4ccccc34)nc(-c3ccnc4oc5ccccc5c34)n2)cc1. The summed E-state index contributed by atoms with van der Waals surface area (Å²) in [5.74, 6) is 1.74. The lowest BCUT2D eigenvalue weighted by atomic mass is 9.92. The summed E-state index contributed by atoms with van der Waals surface area (Å²) in [6, 6.07) is 47.2. The van der Waals surface area contributed by atoms with Crippen LogP contribution in [0.1, 0.15) is 0 Å². The Morgan fingerprint density at radius 1 is 0.354 bits per heavy atom. The van der Waals surface area contributed by atoms with E-state index in [0.717, 1.165) is 76.9 Å². The summed E-state index contributed by atoms with van der Waals surface area (Å²) in [5.41, 5.74) is 7.96. The Kier molecular flexibility index (Phi) is 5.77. The Morgan fingerprint density at radius 2 is 0.938 bits per heavy atom. The lowest BCUT2D eigenvalue weighted by Crippen LogP contribution is -2.01. The first-order chi connectivity index (χ1) is 23.8. The molecule has 48 heavy (non-hydrogen) atoms. The smallest absolute Gasteiger partial charge is 0.228 e. The molecule has 0 bridgehead atoms. The van der Waals surface area contributed by atoms with E-state index in [1.165, 1.54) is 0 Å². The molecule has 6 aromatic carbocycles. The zero-order chi connectivity index (χ0) is 31.6. The predicted molar refractivity (Wildman–Crippen MR) is 191 cm³/mol. The third kappa shape index (κ3) is 4.06. The van der Waals surface area contributed by atoms with Crippen molar-refractivity contribution < 1.29 is 8.83 Å². The molecule has 4 aromatic heterocycles. The van der Waals surface area contributed by atoms with Gasteiger partial charge in [0, 0.05) is 39.0 Å². The fourth-order valence-electron chi connectivity index (χ4n) is 6.89. The summed E-state index contributed by atoms with van der Waals surface area (Å²) in [7, 11) is 0. The molecule has 0 atom stereocenters. The van der Waals surface area contributed by atoms with E-state index in [2.05, 4.69) is 65.6 Å². The van der Waals surface area contributed by atoms with E-state index < -0.39 is 0 Å². The fourth-order valence-corrected chi connectivity index (χ4v) is 6.89. The highest BCUT2D eigenvalue weighted by molar-refractivity contribution is 6.16. The molecular formula is C42H24N4O2. The number of fused-ring (bicyclic) bond motifs is 7. The number of pyridine rings is 1. The van der Waals surface area contributed by atoms with Crippen molar-refractivity contribution >= 4 is 54.8 Å². The first-order valence-corrected chi connectivity index (χ1v) is 15.8. The Bertz CT molecular complexity index is 2850. The Morgan fingerprint density at radius 3 is 1.73 bits per heavy atom. The van der Waals surface area contributed by atoms with Crippen molar-refractivity contribution in [1.29, 1.82) is 0 Å². The van der Waals surface area contributed by atoms with Crippen LogP contribution in [0.4, 0.5) is 0 Å². The van der Waals surface area contributed by atoms with E-state index in [4.69, 9.17) is 23.8 Å². The maximum atomic E-state index is 6.24. The van der Waals surface area contributed by atoms with Gasteiger partial charge in [0.2, 0.25) is 5.71 Å². The molecule has 0 saturated carbocycles. The second kappa shape index (κ2) is 10.4. The monoisotopic (exact) mass is 616 g/mol. The number of benzene rings is 6. The van der Waals surface area contributed by atoms with Crippen LogP contribution in [0.25, 0.3) is 100 Å². The van der Waals surface area contributed by atoms with Crippen molar-refractivity contribution in [2.24, 2.45) is 0 Å². The Balaban J connectivity index is 1.23. The summed E-state index contributed by atoms with van der Waals surface area (Å²) in [6.45, 7) is 0. The molecule has 0 spiro atoms. The zero-order valence-corrected chi connectivity index (χ0v) is 25.5. The molecule has 10 rings (SSSR count). The van der Waals surface area contributed by atoms with E-state index in [1.54, 1.807) is 6.20 Å². The molecule has 0 amide bonds. The summed E-state index contributed by atoms with van der Waals surface area (Å²) >= 11 is 0. The van der Waals surface area contributed by atoms with Gasteiger partial charge in [-0.3, -0.25) is 0 Å². The third-order valence-electron chi connectivity index (χ3n) is 9.05. The molecule has 0 aliphatic rings. The molecular weight excluding hydrogens is 592 g/mol. The molecule has 0 N–H and O–H groups in total. The second-order valence-corrected chi connectivity index (χ2v) is 11.8. The summed E-state index contributed by atoms with van der Waals surface area (Å²) < 4.78 is 12.4. The number of aromatic nitrogens is 4. The topological polar surface area (TPSA) is 77.8 Å². The lowest BCUT2D eigenvalue weighted by molar-refractivity contribution is 0.654. The largest absolute Gasteiger partial charge is 0.456 e. The van der Waals surface area contributed by atoms with Crippen LogP contribution in [0.5, 0.6) is 0 Å². The standard InChI is InChI=1S/C42H24N4O2/c1-2-11-25(12-3-1)39-44-40(46-41(45-39)33-23-24-43-42-38(33)32-16-7-9-19-35(32)48-42)30-22-21-28(26-13-4-5-14-27(26)30)29-17-10-20-36-37(29)31-15-6-8-18-34(31)47-36/h1-24H. The molecule has 6 heteroatoms. The summed E-state index contributed by atoms with van der Waals surface area (Å²) in [5, 5.41) is 6.20. The van der Waals surface area contributed by atoms with Crippen molar-refractivity contribution in [3.63, 3.8) is 0 Å². The van der Waals surface area contributed by atoms with Crippen LogP contribution in [-0.4, -0.2) is 19.9 Å². The fraction of sp³-hybridized carbons (Fsp3) is 0. The molecule has 0 fully saturated rings. The number of furan rings is 2. The highest BCUT2D eigenvalue weighted by atomic mass is 16.3. The summed E-state index contributed by atoms with van der Waals surface area (Å²) in [6.07, 6.45) is 1.75. The van der Waals surface area contributed by atoms with E-state index in [1.807, 2.05) is 78.9 Å². The van der Waals surface area contributed by atoms with Gasteiger partial charge >= 0.3 is 0 Å². The van der Waals surface area contributed by atoms with Crippen molar-refractivity contribution in [2.45, 2.75) is 0 Å². The van der Waals surface area contributed by atoms with Crippen LogP contribution in [0.3, 0.4) is 0 Å². The van der Waals surface area contributed by atoms with Crippen LogP contribution in [-0.2, 0) is 0 Å². The molecule has 224 valence electrons. The first kappa shape index (κ1) is 26.5. The molecule has 0 radical (unpaired) electrons. The average Bonchev–Trinajstić information content (AvgIpc) is 3.73. The third-order valence-corrected chi connectivity index (χ3v) is 9.05. The quantitative estimate of drug-likeness (QED) is 0.196. The Hall–Kier alpha value is -6.66. The van der Waals surface area contributed by atoms with E-state index in [0.29, 0.717) is 23.2 Å². The zero-order valence-electron chi connectivity index (χ0n) is 25.5. The van der Waals surface area contributed by atoms with Crippen LogP contribution < -0.4 is 0 Å². The number of nitrogens with zero attached hydrogens (tertiary/aromatic N) is 4. The van der Waals surface area contributed by atoms with Gasteiger partial charge in [-0.15, -0.1) is 0 Å². The van der Waals surface area contributed by atoms with Gasteiger partial charge in [0.1, 0.15) is 16.7 Å². The molecule has 6 nitrogen and oxygen atoms in total. The molecule has 10 aromatic rings. The highest BCUT2D eigenvalue weighted by Gasteiger charge is 2.20. The molecule has 0 unspecified atom stereocenters. The first-order valence-electron chi connectivity index (χ1n) is 15.8. The second-order valence-electron chi connectivity index (χ2n) is 11.8. The Labute approximate surface area is 274 Å². The normalized spacial score (nSPS) is 11.8.